The molecule has 2 atom stereocenters. The average Bonchev–Trinajstić information content (AvgIpc) is 2.23. The van der Waals surface area contributed by atoms with E-state index in [2.05, 4.69) is 9.47 Å². The van der Waals surface area contributed by atoms with Gasteiger partial charge in [-0.05, 0) is 5.92 Å². The molecule has 0 rings (SSSR count). The zero-order valence-electron chi connectivity index (χ0n) is 9.20. The first-order chi connectivity index (χ1) is 6.56. The van der Waals surface area contributed by atoms with Crippen molar-refractivity contribution in [2.24, 2.45) is 11.8 Å². The van der Waals surface area contributed by atoms with Crippen molar-refractivity contribution >= 4 is 11.9 Å². The molecule has 14 heavy (non-hydrogen) atoms. The number of carbonyl (C=O) groups excluding carboxylic acids is 2. The molecular weight excluding hydrogens is 184 g/mol. The van der Waals surface area contributed by atoms with Crippen LogP contribution in [0.25, 0.3) is 0 Å². The zero-order valence-corrected chi connectivity index (χ0v) is 9.20. The van der Waals surface area contributed by atoms with E-state index in [1.807, 2.05) is 13.8 Å². The third kappa shape index (κ3) is 3.77. The van der Waals surface area contributed by atoms with Gasteiger partial charge in [0.05, 0.1) is 26.6 Å². The molecule has 0 N–H and O–H groups in total. The fourth-order valence-electron chi connectivity index (χ4n) is 1.22. The molecule has 0 spiro atoms. The zero-order chi connectivity index (χ0) is 11.1. The summed E-state index contributed by atoms with van der Waals surface area (Å²) >= 11 is 0. The molecule has 82 valence electrons. The second-order valence-electron chi connectivity index (χ2n) is 3.30. The highest BCUT2D eigenvalue weighted by Crippen LogP contribution is 2.20. The minimum atomic E-state index is -0.391. The third-order valence-corrected chi connectivity index (χ3v) is 2.45. The van der Waals surface area contributed by atoms with Crippen molar-refractivity contribution in [2.75, 3.05) is 14.2 Å². The Morgan fingerprint density at radius 1 is 1.21 bits per heavy atom. The van der Waals surface area contributed by atoms with Gasteiger partial charge in [0.25, 0.3) is 0 Å². The highest BCUT2D eigenvalue weighted by molar-refractivity contribution is 5.80. The summed E-state index contributed by atoms with van der Waals surface area (Å²) in [4.78, 5) is 22.4. The summed E-state index contributed by atoms with van der Waals surface area (Å²) in [5, 5.41) is 0. The Morgan fingerprint density at radius 2 is 1.79 bits per heavy atom. The molecule has 0 aromatic heterocycles. The molecule has 4 nitrogen and oxygen atoms in total. The van der Waals surface area contributed by atoms with Crippen molar-refractivity contribution < 1.29 is 19.1 Å². The number of esters is 2. The molecule has 1 unspecified atom stereocenters. The molecule has 0 aromatic rings. The topological polar surface area (TPSA) is 52.6 Å². The summed E-state index contributed by atoms with van der Waals surface area (Å²) in [6.45, 7) is 3.89. The third-order valence-electron chi connectivity index (χ3n) is 2.45. The van der Waals surface area contributed by atoms with Gasteiger partial charge in [-0.25, -0.2) is 0 Å². The van der Waals surface area contributed by atoms with E-state index >= 15 is 0 Å². The van der Waals surface area contributed by atoms with Crippen molar-refractivity contribution in [1.29, 1.82) is 0 Å². The van der Waals surface area contributed by atoms with Crippen LogP contribution in [-0.4, -0.2) is 26.2 Å². The van der Waals surface area contributed by atoms with E-state index in [0.717, 1.165) is 6.42 Å². The average molecular weight is 202 g/mol. The molecule has 0 bridgehead atoms. The molecular formula is C10H18O4. The van der Waals surface area contributed by atoms with Gasteiger partial charge in [0.1, 0.15) is 0 Å². The number of hydrogen-bond acceptors (Lipinski definition) is 4. The summed E-state index contributed by atoms with van der Waals surface area (Å²) in [7, 11) is 2.64. The highest BCUT2D eigenvalue weighted by atomic mass is 16.5. The minimum Gasteiger partial charge on any atom is -0.469 e. The fraction of sp³-hybridized carbons (Fsp3) is 0.800. The van der Waals surface area contributed by atoms with E-state index < -0.39 is 5.92 Å². The van der Waals surface area contributed by atoms with Crippen LogP contribution in [0.2, 0.25) is 0 Å². The lowest BCUT2D eigenvalue weighted by Gasteiger charge is -2.18. The van der Waals surface area contributed by atoms with Crippen LogP contribution >= 0.6 is 0 Å². The first-order valence-corrected chi connectivity index (χ1v) is 4.71. The lowest BCUT2D eigenvalue weighted by atomic mass is 9.89. The van der Waals surface area contributed by atoms with E-state index in [1.54, 1.807) is 0 Å². The monoisotopic (exact) mass is 202 g/mol. The summed E-state index contributed by atoms with van der Waals surface area (Å²) < 4.78 is 9.16. The molecule has 0 amide bonds. The molecule has 4 heteroatoms. The lowest BCUT2D eigenvalue weighted by molar-refractivity contribution is -0.153. The van der Waals surface area contributed by atoms with Gasteiger partial charge in [0, 0.05) is 0 Å². The minimum absolute atomic E-state index is 0.0954. The van der Waals surface area contributed by atoms with Crippen LogP contribution in [0.1, 0.15) is 26.7 Å². The van der Waals surface area contributed by atoms with Gasteiger partial charge < -0.3 is 9.47 Å². The molecule has 0 aromatic carbocycles. The number of rotatable bonds is 5. The van der Waals surface area contributed by atoms with Crippen LogP contribution in [0.5, 0.6) is 0 Å². The van der Waals surface area contributed by atoms with Crippen molar-refractivity contribution in [2.45, 2.75) is 26.7 Å². The summed E-state index contributed by atoms with van der Waals surface area (Å²) in [6.07, 6.45) is 0.926. The first kappa shape index (κ1) is 12.9. The van der Waals surface area contributed by atoms with Crippen molar-refractivity contribution in [3.63, 3.8) is 0 Å². The molecule has 0 fully saturated rings. The smallest absolute Gasteiger partial charge is 0.309 e. The van der Waals surface area contributed by atoms with Gasteiger partial charge in [-0.2, -0.15) is 0 Å². The summed E-state index contributed by atoms with van der Waals surface area (Å²) in [5.74, 6) is -0.982. The highest BCUT2D eigenvalue weighted by Gasteiger charge is 2.27. The van der Waals surface area contributed by atoms with Crippen LogP contribution in [0.3, 0.4) is 0 Å². The van der Waals surface area contributed by atoms with Gasteiger partial charge in [-0.3, -0.25) is 9.59 Å². The van der Waals surface area contributed by atoms with Crippen molar-refractivity contribution in [1.82, 2.24) is 0 Å². The Kier molecular flexibility index (Phi) is 5.92. The Bertz CT molecular complexity index is 200. The van der Waals surface area contributed by atoms with E-state index in [0.29, 0.717) is 0 Å². The van der Waals surface area contributed by atoms with E-state index in [1.165, 1.54) is 14.2 Å². The molecule has 0 aliphatic heterocycles. The Hall–Kier alpha value is -1.06. The van der Waals surface area contributed by atoms with Gasteiger partial charge >= 0.3 is 11.9 Å². The Morgan fingerprint density at radius 3 is 2.14 bits per heavy atom. The van der Waals surface area contributed by atoms with Gasteiger partial charge in [0.2, 0.25) is 0 Å². The molecule has 0 saturated carbocycles. The standard InChI is InChI=1S/C10H18O4/c1-5-7(2)8(10(12)14-4)6-9(11)13-3/h7-8H,5-6H2,1-4H3/t7?,8-/m0/s1. The van der Waals surface area contributed by atoms with Crippen molar-refractivity contribution in [3.05, 3.63) is 0 Å². The maximum atomic E-state index is 11.3. The molecule has 0 radical (unpaired) electrons. The van der Waals surface area contributed by atoms with Gasteiger partial charge in [-0.15, -0.1) is 0 Å². The summed E-state index contributed by atoms with van der Waals surface area (Å²) in [6, 6.07) is 0. The maximum absolute atomic E-state index is 11.3. The number of ether oxygens (including phenoxy) is 2. The first-order valence-electron chi connectivity index (χ1n) is 4.71. The van der Waals surface area contributed by atoms with E-state index in [9.17, 15) is 9.59 Å². The van der Waals surface area contributed by atoms with Crippen LogP contribution in [0.15, 0.2) is 0 Å². The number of methoxy groups -OCH3 is 2. The Labute approximate surface area is 84.6 Å². The lowest BCUT2D eigenvalue weighted by Crippen LogP contribution is -2.26. The second-order valence-corrected chi connectivity index (χ2v) is 3.30. The van der Waals surface area contributed by atoms with Crippen LogP contribution < -0.4 is 0 Å². The van der Waals surface area contributed by atoms with Gasteiger partial charge in [-0.1, -0.05) is 20.3 Å². The molecule has 0 aliphatic carbocycles. The Balaban J connectivity index is 4.39. The predicted molar refractivity (Wildman–Crippen MR) is 51.6 cm³/mol. The van der Waals surface area contributed by atoms with E-state index in [4.69, 9.17) is 0 Å². The second kappa shape index (κ2) is 6.40. The number of carbonyl (C=O) groups is 2. The SMILES string of the molecule is CCC(C)[C@H](CC(=O)OC)C(=O)OC. The fourth-order valence-corrected chi connectivity index (χ4v) is 1.22. The number of hydrogen-bond donors (Lipinski definition) is 0. The predicted octanol–water partition coefficient (Wildman–Crippen LogP) is 1.38. The summed E-state index contributed by atoms with van der Waals surface area (Å²) in [5.41, 5.74) is 0. The maximum Gasteiger partial charge on any atom is 0.309 e. The largest absolute Gasteiger partial charge is 0.469 e. The van der Waals surface area contributed by atoms with Crippen LogP contribution in [0, 0.1) is 11.8 Å². The van der Waals surface area contributed by atoms with E-state index in [-0.39, 0.29) is 24.3 Å². The van der Waals surface area contributed by atoms with Gasteiger partial charge in [0.15, 0.2) is 0 Å². The molecule has 0 heterocycles. The van der Waals surface area contributed by atoms with Crippen LogP contribution in [0.4, 0.5) is 0 Å². The normalized spacial score (nSPS) is 14.3. The molecule has 0 saturated heterocycles. The van der Waals surface area contributed by atoms with Crippen molar-refractivity contribution in [3.8, 4) is 0 Å². The quantitative estimate of drug-likeness (QED) is 0.632. The molecule has 0 aliphatic rings. The van der Waals surface area contributed by atoms with Crippen LogP contribution in [-0.2, 0) is 19.1 Å².